The molecule has 1 saturated heterocycles. The van der Waals surface area contributed by atoms with E-state index in [-0.39, 0.29) is 6.04 Å². The fourth-order valence-electron chi connectivity index (χ4n) is 2.75. The maximum absolute atomic E-state index is 11.2. The molecule has 0 aromatic rings. The lowest BCUT2D eigenvalue weighted by atomic mass is 9.93. The Balaban J connectivity index is 1.86. The van der Waals surface area contributed by atoms with Crippen LogP contribution in [0.1, 0.15) is 51.9 Å². The van der Waals surface area contributed by atoms with E-state index in [4.69, 9.17) is 0 Å². The summed E-state index contributed by atoms with van der Waals surface area (Å²) in [6, 6.07) is 1.50. The molecule has 0 aromatic heterocycles. The van der Waals surface area contributed by atoms with Gasteiger partial charge in [-0.2, -0.15) is 0 Å². The third-order valence-corrected chi connectivity index (χ3v) is 3.90. The molecule has 1 amide bonds. The van der Waals surface area contributed by atoms with Gasteiger partial charge in [-0.25, -0.2) is 4.79 Å². The predicted octanol–water partition coefficient (Wildman–Crippen LogP) is 2.44. The fraction of sp³-hybridized carbons (Fsp3) is 0.923. The van der Waals surface area contributed by atoms with Crippen molar-refractivity contribution in [3.63, 3.8) is 0 Å². The first-order valence-corrected chi connectivity index (χ1v) is 6.96. The van der Waals surface area contributed by atoms with Crippen molar-refractivity contribution in [1.29, 1.82) is 0 Å². The Morgan fingerprint density at radius 2 is 2.12 bits per heavy atom. The van der Waals surface area contributed by atoms with E-state index in [0.29, 0.717) is 12.6 Å². The van der Waals surface area contributed by atoms with E-state index < -0.39 is 6.09 Å². The summed E-state index contributed by atoms with van der Waals surface area (Å²) in [7, 11) is 0. The van der Waals surface area contributed by atoms with Gasteiger partial charge in [-0.1, -0.05) is 19.8 Å². The summed E-state index contributed by atoms with van der Waals surface area (Å²) in [5.74, 6) is 0. The number of nitrogens with one attached hydrogen (secondary N) is 1. The summed E-state index contributed by atoms with van der Waals surface area (Å²) >= 11 is 0. The van der Waals surface area contributed by atoms with E-state index in [0.717, 1.165) is 38.1 Å². The summed E-state index contributed by atoms with van der Waals surface area (Å²) in [6.07, 6.45) is 7.14. The Morgan fingerprint density at radius 1 is 1.35 bits per heavy atom. The Morgan fingerprint density at radius 3 is 2.71 bits per heavy atom. The van der Waals surface area contributed by atoms with Crippen molar-refractivity contribution in [3.05, 3.63) is 0 Å². The summed E-state index contributed by atoms with van der Waals surface area (Å²) in [4.78, 5) is 12.8. The SMILES string of the molecule is CCCCC1CC(NC2CC2)CCN1C(=O)O. The normalized spacial score (nSPS) is 29.4. The number of piperidine rings is 1. The van der Waals surface area contributed by atoms with Crippen molar-refractivity contribution < 1.29 is 9.90 Å². The highest BCUT2D eigenvalue weighted by Gasteiger charge is 2.33. The summed E-state index contributed by atoms with van der Waals surface area (Å²) in [5, 5.41) is 12.8. The van der Waals surface area contributed by atoms with Crippen molar-refractivity contribution >= 4 is 6.09 Å². The van der Waals surface area contributed by atoms with Crippen LogP contribution in [0.4, 0.5) is 4.79 Å². The lowest BCUT2D eigenvalue weighted by Crippen LogP contribution is -2.50. The zero-order valence-electron chi connectivity index (χ0n) is 10.7. The van der Waals surface area contributed by atoms with Crippen molar-refractivity contribution in [1.82, 2.24) is 10.2 Å². The van der Waals surface area contributed by atoms with Gasteiger partial charge < -0.3 is 15.3 Å². The Hall–Kier alpha value is -0.770. The van der Waals surface area contributed by atoms with Gasteiger partial charge in [0, 0.05) is 24.7 Å². The van der Waals surface area contributed by atoms with Gasteiger partial charge in [-0.15, -0.1) is 0 Å². The van der Waals surface area contributed by atoms with Crippen LogP contribution in [-0.2, 0) is 0 Å². The highest BCUT2D eigenvalue weighted by atomic mass is 16.4. The van der Waals surface area contributed by atoms with Crippen molar-refractivity contribution in [3.8, 4) is 0 Å². The molecule has 17 heavy (non-hydrogen) atoms. The van der Waals surface area contributed by atoms with E-state index in [1.54, 1.807) is 4.90 Å². The van der Waals surface area contributed by atoms with Gasteiger partial charge in [0.2, 0.25) is 0 Å². The lowest BCUT2D eigenvalue weighted by Gasteiger charge is -2.38. The molecule has 0 spiro atoms. The zero-order valence-corrected chi connectivity index (χ0v) is 10.7. The molecule has 1 aliphatic heterocycles. The molecule has 98 valence electrons. The number of amides is 1. The molecule has 2 atom stereocenters. The highest BCUT2D eigenvalue weighted by Crippen LogP contribution is 2.26. The van der Waals surface area contributed by atoms with Crippen LogP contribution in [0.15, 0.2) is 0 Å². The second-order valence-corrected chi connectivity index (χ2v) is 5.43. The molecule has 1 aliphatic carbocycles. The monoisotopic (exact) mass is 240 g/mol. The third kappa shape index (κ3) is 3.60. The number of unbranched alkanes of at least 4 members (excludes halogenated alkanes) is 1. The maximum atomic E-state index is 11.2. The van der Waals surface area contributed by atoms with Gasteiger partial charge >= 0.3 is 6.09 Å². The topological polar surface area (TPSA) is 52.6 Å². The van der Waals surface area contributed by atoms with Crippen LogP contribution >= 0.6 is 0 Å². The minimum atomic E-state index is -0.740. The zero-order chi connectivity index (χ0) is 12.3. The summed E-state index contributed by atoms with van der Waals surface area (Å²) in [5.41, 5.74) is 0. The van der Waals surface area contributed by atoms with E-state index in [2.05, 4.69) is 12.2 Å². The standard InChI is InChI=1S/C13H24N2O2/c1-2-3-4-12-9-11(14-10-5-6-10)7-8-15(12)13(16)17/h10-12,14H,2-9H2,1H3,(H,16,17). The number of hydrogen-bond acceptors (Lipinski definition) is 2. The van der Waals surface area contributed by atoms with E-state index >= 15 is 0 Å². The van der Waals surface area contributed by atoms with Gasteiger partial charge in [0.1, 0.15) is 0 Å². The van der Waals surface area contributed by atoms with Crippen molar-refractivity contribution in [2.24, 2.45) is 0 Å². The molecule has 2 rings (SSSR count). The van der Waals surface area contributed by atoms with Crippen LogP contribution in [-0.4, -0.2) is 40.8 Å². The smallest absolute Gasteiger partial charge is 0.407 e. The number of likely N-dealkylation sites (tertiary alicyclic amines) is 1. The molecule has 4 nitrogen and oxygen atoms in total. The average Bonchev–Trinajstić information content (AvgIpc) is 3.10. The average molecular weight is 240 g/mol. The number of hydrogen-bond donors (Lipinski definition) is 2. The van der Waals surface area contributed by atoms with E-state index in [1.807, 2.05) is 0 Å². The predicted molar refractivity (Wildman–Crippen MR) is 67.2 cm³/mol. The Kier molecular flexibility index (Phi) is 4.26. The summed E-state index contributed by atoms with van der Waals surface area (Å²) < 4.78 is 0. The quantitative estimate of drug-likeness (QED) is 0.776. The highest BCUT2D eigenvalue weighted by molar-refractivity contribution is 5.65. The molecule has 0 radical (unpaired) electrons. The molecule has 4 heteroatoms. The van der Waals surface area contributed by atoms with E-state index in [1.165, 1.54) is 12.8 Å². The van der Waals surface area contributed by atoms with Crippen molar-refractivity contribution in [2.45, 2.75) is 70.0 Å². The molecular formula is C13H24N2O2. The molecule has 2 N–H and O–H groups in total. The molecule has 2 fully saturated rings. The number of nitrogens with zero attached hydrogens (tertiary/aromatic N) is 1. The Labute approximate surface area is 103 Å². The molecule has 2 unspecified atom stereocenters. The second-order valence-electron chi connectivity index (χ2n) is 5.43. The molecule has 0 aromatic carbocycles. The first-order chi connectivity index (χ1) is 8.20. The molecule has 1 heterocycles. The van der Waals surface area contributed by atoms with Crippen LogP contribution in [0.3, 0.4) is 0 Å². The number of carboxylic acid groups (broad SMARTS) is 1. The summed E-state index contributed by atoms with van der Waals surface area (Å²) in [6.45, 7) is 2.86. The van der Waals surface area contributed by atoms with Crippen molar-refractivity contribution in [2.75, 3.05) is 6.54 Å². The molecular weight excluding hydrogens is 216 g/mol. The number of rotatable bonds is 5. The third-order valence-electron chi connectivity index (χ3n) is 3.90. The van der Waals surface area contributed by atoms with Gasteiger partial charge in [-0.3, -0.25) is 0 Å². The first kappa shape index (κ1) is 12.7. The minimum absolute atomic E-state index is 0.234. The van der Waals surface area contributed by atoms with E-state index in [9.17, 15) is 9.90 Å². The fourth-order valence-corrected chi connectivity index (χ4v) is 2.75. The Bertz CT molecular complexity index is 266. The van der Waals surface area contributed by atoms with Gasteiger partial charge in [0.15, 0.2) is 0 Å². The molecule has 0 bridgehead atoms. The second kappa shape index (κ2) is 5.71. The van der Waals surface area contributed by atoms with Crippen LogP contribution in [0, 0.1) is 0 Å². The molecule has 2 aliphatic rings. The van der Waals surface area contributed by atoms with Crippen LogP contribution < -0.4 is 5.32 Å². The minimum Gasteiger partial charge on any atom is -0.465 e. The number of carbonyl (C=O) groups is 1. The van der Waals surface area contributed by atoms with Crippen LogP contribution in [0.5, 0.6) is 0 Å². The van der Waals surface area contributed by atoms with Crippen LogP contribution in [0.25, 0.3) is 0 Å². The largest absolute Gasteiger partial charge is 0.465 e. The van der Waals surface area contributed by atoms with Crippen LogP contribution in [0.2, 0.25) is 0 Å². The van der Waals surface area contributed by atoms with Gasteiger partial charge in [0.05, 0.1) is 0 Å². The molecule has 1 saturated carbocycles. The van der Waals surface area contributed by atoms with Gasteiger partial charge in [-0.05, 0) is 32.1 Å². The lowest BCUT2D eigenvalue weighted by molar-refractivity contribution is 0.0919. The first-order valence-electron chi connectivity index (χ1n) is 6.96. The van der Waals surface area contributed by atoms with Gasteiger partial charge in [0.25, 0.3) is 0 Å². The maximum Gasteiger partial charge on any atom is 0.407 e.